The summed E-state index contributed by atoms with van der Waals surface area (Å²) in [6.45, 7) is 0. The molecular weight excluding hydrogens is 400 g/mol. The summed E-state index contributed by atoms with van der Waals surface area (Å²) >= 11 is 3.38. The van der Waals surface area contributed by atoms with Gasteiger partial charge in [-0.2, -0.15) is 4.98 Å². The summed E-state index contributed by atoms with van der Waals surface area (Å²) < 4.78 is 0.847. The zero-order chi connectivity index (χ0) is 18.7. The molecule has 0 bridgehead atoms. The highest BCUT2D eigenvalue weighted by Gasteiger charge is 2.23. The lowest BCUT2D eigenvalue weighted by Crippen LogP contribution is -2.43. The van der Waals surface area contributed by atoms with Gasteiger partial charge in [-0.3, -0.25) is 14.6 Å². The zero-order valence-electron chi connectivity index (χ0n) is 14.1. The molecule has 1 aromatic heterocycles. The summed E-state index contributed by atoms with van der Waals surface area (Å²) in [5.41, 5.74) is 11.4. The molecule has 8 nitrogen and oxygen atoms in total. The fourth-order valence-electron chi connectivity index (χ4n) is 3.08. The lowest BCUT2D eigenvalue weighted by molar-refractivity contribution is 0.0999. The van der Waals surface area contributed by atoms with Gasteiger partial charge in [0.05, 0.1) is 0 Å². The van der Waals surface area contributed by atoms with Crippen molar-refractivity contribution >= 4 is 39.3 Å². The molecule has 1 heterocycles. The minimum atomic E-state index is -0.850. The number of nitrogens with one attached hydrogen (secondary N) is 3. The van der Waals surface area contributed by atoms with Gasteiger partial charge in [-0.25, -0.2) is 0 Å². The van der Waals surface area contributed by atoms with Gasteiger partial charge in [0.15, 0.2) is 5.82 Å². The summed E-state index contributed by atoms with van der Waals surface area (Å²) in [7, 11) is 0. The molecule has 1 saturated carbocycles. The third-order valence-corrected chi connectivity index (χ3v) is 4.89. The number of nitrogens with zero attached hydrogens (tertiary/aromatic N) is 1. The number of aromatic amines is 1. The Morgan fingerprint density at radius 1 is 1.31 bits per heavy atom. The van der Waals surface area contributed by atoms with E-state index in [1.54, 1.807) is 12.1 Å². The Hall–Kier alpha value is -2.39. The smallest absolute Gasteiger partial charge is 0.267 e. The van der Waals surface area contributed by atoms with E-state index in [-0.39, 0.29) is 29.4 Å². The number of hydrogen-bond acceptors (Lipinski definition) is 6. The number of amides is 1. The van der Waals surface area contributed by atoms with Crippen molar-refractivity contribution in [2.75, 3.05) is 10.6 Å². The van der Waals surface area contributed by atoms with E-state index in [2.05, 4.69) is 36.5 Å². The maximum absolute atomic E-state index is 12.4. The Morgan fingerprint density at radius 2 is 2.08 bits per heavy atom. The summed E-state index contributed by atoms with van der Waals surface area (Å²) in [6, 6.07) is 7.30. The van der Waals surface area contributed by atoms with E-state index < -0.39 is 11.5 Å². The number of H-pyrrole nitrogens is 1. The van der Waals surface area contributed by atoms with Crippen LogP contribution in [0.25, 0.3) is 0 Å². The zero-order valence-corrected chi connectivity index (χ0v) is 15.7. The van der Waals surface area contributed by atoms with Crippen molar-refractivity contribution in [3.05, 3.63) is 44.7 Å². The second-order valence-electron chi connectivity index (χ2n) is 6.34. The largest absolute Gasteiger partial charge is 0.365 e. The molecule has 0 radical (unpaired) electrons. The number of hydrogen-bond donors (Lipinski definition) is 5. The number of carbonyl (C=O) groups excluding carboxylic acids is 1. The molecule has 1 aliphatic carbocycles. The number of aromatic nitrogens is 2. The van der Waals surface area contributed by atoms with Crippen LogP contribution in [0.15, 0.2) is 33.5 Å². The molecule has 1 aliphatic rings. The first kappa shape index (κ1) is 18.4. The van der Waals surface area contributed by atoms with Crippen molar-refractivity contribution in [2.45, 2.75) is 37.8 Å². The molecule has 1 amide bonds. The maximum Gasteiger partial charge on any atom is 0.267 e. The summed E-state index contributed by atoms with van der Waals surface area (Å²) in [5.74, 6) is -0.483. The molecule has 3 rings (SSSR count). The van der Waals surface area contributed by atoms with E-state index >= 15 is 0 Å². The van der Waals surface area contributed by atoms with Crippen molar-refractivity contribution in [3.8, 4) is 0 Å². The van der Waals surface area contributed by atoms with Crippen molar-refractivity contribution in [3.63, 3.8) is 0 Å². The summed E-state index contributed by atoms with van der Waals surface area (Å²) in [6.07, 6.45) is 3.99. The third kappa shape index (κ3) is 4.23. The molecule has 7 N–H and O–H groups in total. The number of carbonyl (C=O) groups is 1. The fourth-order valence-corrected chi connectivity index (χ4v) is 3.48. The highest BCUT2D eigenvalue weighted by Crippen LogP contribution is 2.23. The number of anilines is 3. The molecule has 26 heavy (non-hydrogen) atoms. The first-order valence-electron chi connectivity index (χ1n) is 8.43. The average molecular weight is 421 g/mol. The lowest BCUT2D eigenvalue weighted by atomic mass is 9.91. The second kappa shape index (κ2) is 7.88. The standard InChI is InChI=1S/C17H21BrN6O2/c18-9-4-3-5-10(8-9)21-15-13(14(20)25)16(26)24-17(23-15)22-12-7-2-1-6-11(12)19/h3-5,8,11-12H,1-2,6-7,19H2,(H2,20,25)(H3,21,22,23,24,26)/t11-,12+/m0/s1. The van der Waals surface area contributed by atoms with Gasteiger partial charge < -0.3 is 22.1 Å². The van der Waals surface area contributed by atoms with E-state index in [0.29, 0.717) is 5.69 Å². The Kier molecular flexibility index (Phi) is 5.58. The molecule has 2 aromatic rings. The molecule has 9 heteroatoms. The lowest BCUT2D eigenvalue weighted by Gasteiger charge is -2.29. The number of primary amides is 1. The van der Waals surface area contributed by atoms with Gasteiger partial charge in [0, 0.05) is 22.2 Å². The van der Waals surface area contributed by atoms with Crippen LogP contribution in [0, 0.1) is 0 Å². The van der Waals surface area contributed by atoms with Crippen LogP contribution < -0.4 is 27.7 Å². The monoisotopic (exact) mass is 420 g/mol. The second-order valence-corrected chi connectivity index (χ2v) is 7.25. The van der Waals surface area contributed by atoms with Crippen LogP contribution in [-0.4, -0.2) is 28.0 Å². The van der Waals surface area contributed by atoms with Gasteiger partial charge in [0.1, 0.15) is 5.56 Å². The SMILES string of the molecule is NC(=O)c1c(Nc2cccc(Br)c2)nc(N[C@@H]2CCCC[C@@H]2N)[nH]c1=O. The minimum Gasteiger partial charge on any atom is -0.365 e. The van der Waals surface area contributed by atoms with Gasteiger partial charge in [-0.1, -0.05) is 34.8 Å². The van der Waals surface area contributed by atoms with Crippen molar-refractivity contribution < 1.29 is 4.79 Å². The van der Waals surface area contributed by atoms with Gasteiger partial charge in [-0.05, 0) is 31.0 Å². The van der Waals surface area contributed by atoms with E-state index in [4.69, 9.17) is 11.5 Å². The Bertz CT molecular complexity index is 869. The Labute approximate surface area is 158 Å². The van der Waals surface area contributed by atoms with Gasteiger partial charge in [0.2, 0.25) is 5.95 Å². The van der Waals surface area contributed by atoms with E-state index in [1.807, 2.05) is 12.1 Å². The maximum atomic E-state index is 12.4. The molecule has 2 atom stereocenters. The number of rotatable bonds is 5. The topological polar surface area (TPSA) is 139 Å². The highest BCUT2D eigenvalue weighted by molar-refractivity contribution is 9.10. The first-order chi connectivity index (χ1) is 12.4. The molecule has 0 spiro atoms. The molecule has 0 unspecified atom stereocenters. The van der Waals surface area contributed by atoms with E-state index in [0.717, 1.165) is 30.2 Å². The van der Waals surface area contributed by atoms with Crippen molar-refractivity contribution in [1.82, 2.24) is 9.97 Å². The van der Waals surface area contributed by atoms with E-state index in [1.165, 1.54) is 0 Å². The van der Waals surface area contributed by atoms with Crippen LogP contribution in [0.1, 0.15) is 36.0 Å². The van der Waals surface area contributed by atoms with Crippen molar-refractivity contribution in [1.29, 1.82) is 0 Å². The summed E-state index contributed by atoms with van der Waals surface area (Å²) in [4.78, 5) is 31.0. The number of benzene rings is 1. The first-order valence-corrected chi connectivity index (χ1v) is 9.22. The third-order valence-electron chi connectivity index (χ3n) is 4.39. The molecule has 0 saturated heterocycles. The van der Waals surface area contributed by atoms with Crippen LogP contribution >= 0.6 is 15.9 Å². The molecule has 0 aliphatic heterocycles. The van der Waals surface area contributed by atoms with Crippen LogP contribution in [0.4, 0.5) is 17.5 Å². The quantitative estimate of drug-likeness (QED) is 0.501. The van der Waals surface area contributed by atoms with Crippen LogP contribution in [-0.2, 0) is 0 Å². The van der Waals surface area contributed by atoms with Crippen LogP contribution in [0.3, 0.4) is 0 Å². The molecule has 138 valence electrons. The average Bonchev–Trinajstić information content (AvgIpc) is 2.56. The minimum absolute atomic E-state index is 0.00800. The predicted molar refractivity (Wildman–Crippen MR) is 105 cm³/mol. The Balaban J connectivity index is 1.94. The molecular formula is C17H21BrN6O2. The van der Waals surface area contributed by atoms with E-state index in [9.17, 15) is 9.59 Å². The predicted octanol–water partition coefficient (Wildman–Crippen LogP) is 2.06. The fraction of sp³-hybridized carbons (Fsp3) is 0.353. The van der Waals surface area contributed by atoms with Gasteiger partial charge in [-0.15, -0.1) is 0 Å². The molecule has 1 aromatic carbocycles. The highest BCUT2D eigenvalue weighted by atomic mass is 79.9. The van der Waals surface area contributed by atoms with Crippen LogP contribution in [0.5, 0.6) is 0 Å². The number of nitrogens with two attached hydrogens (primary N) is 2. The molecule has 1 fully saturated rings. The van der Waals surface area contributed by atoms with Gasteiger partial charge >= 0.3 is 0 Å². The van der Waals surface area contributed by atoms with Crippen LogP contribution in [0.2, 0.25) is 0 Å². The normalized spacial score (nSPS) is 19.8. The van der Waals surface area contributed by atoms with Crippen molar-refractivity contribution in [2.24, 2.45) is 11.5 Å². The van der Waals surface area contributed by atoms with Gasteiger partial charge in [0.25, 0.3) is 11.5 Å². The summed E-state index contributed by atoms with van der Waals surface area (Å²) in [5, 5.41) is 6.17. The Morgan fingerprint density at radius 3 is 2.77 bits per heavy atom. The number of halogens is 1.